The average Bonchev–Trinajstić information content (AvgIpc) is 3.16. The molecule has 0 amide bonds. The highest BCUT2D eigenvalue weighted by Crippen LogP contribution is 2.36. The lowest BCUT2D eigenvalue weighted by atomic mass is 10.2. The average molecular weight is 281 g/mol. The molecule has 0 aliphatic carbocycles. The van der Waals surface area contributed by atoms with E-state index < -0.39 is 0 Å². The first kappa shape index (κ1) is 11.7. The molecule has 0 spiro atoms. The third-order valence-corrected chi connectivity index (χ3v) is 4.63. The second-order valence-corrected chi connectivity index (χ2v) is 5.98. The predicted molar refractivity (Wildman–Crippen MR) is 83.8 cm³/mol. The highest BCUT2D eigenvalue weighted by Gasteiger charge is 2.24. The molecule has 3 heterocycles. The first-order valence-corrected chi connectivity index (χ1v) is 7.68. The van der Waals surface area contributed by atoms with Gasteiger partial charge < -0.3 is 5.32 Å². The molecule has 1 aliphatic heterocycles. The molecule has 20 heavy (non-hydrogen) atoms. The molecule has 1 aromatic carbocycles. The largest absolute Gasteiger partial charge is 0.369 e. The number of rotatable bonds is 2. The Balaban J connectivity index is 1.94. The van der Waals surface area contributed by atoms with Crippen LogP contribution in [0.15, 0.2) is 41.8 Å². The van der Waals surface area contributed by atoms with Gasteiger partial charge in [-0.2, -0.15) is 5.10 Å². The van der Waals surface area contributed by atoms with Crippen LogP contribution in [0, 0.1) is 6.92 Å². The van der Waals surface area contributed by atoms with Crippen molar-refractivity contribution in [3.05, 3.63) is 52.9 Å². The minimum absolute atomic E-state index is 0.997. The van der Waals surface area contributed by atoms with Crippen LogP contribution in [0.1, 0.15) is 11.1 Å². The van der Waals surface area contributed by atoms with Crippen LogP contribution in [-0.2, 0) is 6.42 Å². The van der Waals surface area contributed by atoms with Crippen molar-refractivity contribution in [1.82, 2.24) is 9.78 Å². The number of aromatic nitrogens is 2. The fourth-order valence-electron chi connectivity index (χ4n) is 2.76. The number of hydrogen-bond acceptors (Lipinski definition) is 3. The maximum Gasteiger partial charge on any atom is 0.133 e. The second kappa shape index (κ2) is 4.49. The van der Waals surface area contributed by atoms with Gasteiger partial charge in [-0.3, -0.25) is 0 Å². The molecule has 2 aromatic heterocycles. The molecule has 1 aliphatic rings. The summed E-state index contributed by atoms with van der Waals surface area (Å²) in [5.74, 6) is 1.16. The van der Waals surface area contributed by atoms with E-state index in [-0.39, 0.29) is 0 Å². The first-order chi connectivity index (χ1) is 9.84. The van der Waals surface area contributed by atoms with Crippen LogP contribution in [0.2, 0.25) is 0 Å². The van der Waals surface area contributed by atoms with E-state index in [1.807, 2.05) is 0 Å². The smallest absolute Gasteiger partial charge is 0.133 e. The summed E-state index contributed by atoms with van der Waals surface area (Å²) in [5, 5.41) is 10.5. The van der Waals surface area contributed by atoms with Crippen LogP contribution in [-0.4, -0.2) is 16.3 Å². The van der Waals surface area contributed by atoms with Gasteiger partial charge in [0.2, 0.25) is 0 Å². The topological polar surface area (TPSA) is 29.9 Å². The molecule has 4 rings (SSSR count). The molecule has 0 unspecified atom stereocenters. The molecule has 3 nitrogen and oxygen atoms in total. The SMILES string of the molecule is Cc1ccccc1-n1nc(-c2cccs2)c2c1NCC2. The minimum Gasteiger partial charge on any atom is -0.369 e. The summed E-state index contributed by atoms with van der Waals surface area (Å²) in [4.78, 5) is 1.25. The van der Waals surface area contributed by atoms with E-state index in [1.54, 1.807) is 11.3 Å². The normalized spacial score (nSPS) is 13.2. The van der Waals surface area contributed by atoms with Crippen LogP contribution in [0.25, 0.3) is 16.3 Å². The molecule has 1 N–H and O–H groups in total. The number of nitrogens with one attached hydrogen (secondary N) is 1. The Morgan fingerprint density at radius 1 is 1.20 bits per heavy atom. The van der Waals surface area contributed by atoms with Crippen LogP contribution < -0.4 is 5.32 Å². The molecule has 0 saturated carbocycles. The maximum atomic E-state index is 4.87. The molecule has 0 radical (unpaired) electrons. The molecular formula is C16H15N3S. The number of aryl methyl sites for hydroxylation is 1. The number of para-hydroxylation sites is 1. The van der Waals surface area contributed by atoms with E-state index in [4.69, 9.17) is 5.10 Å². The summed E-state index contributed by atoms with van der Waals surface area (Å²) in [5.41, 5.74) is 4.86. The maximum absolute atomic E-state index is 4.87. The number of thiophene rings is 1. The van der Waals surface area contributed by atoms with Gasteiger partial charge in [-0.1, -0.05) is 24.3 Å². The van der Waals surface area contributed by atoms with Gasteiger partial charge in [-0.25, -0.2) is 4.68 Å². The Hall–Kier alpha value is -2.07. The van der Waals surface area contributed by atoms with Crippen molar-refractivity contribution in [2.24, 2.45) is 0 Å². The van der Waals surface area contributed by atoms with Crippen LogP contribution in [0.3, 0.4) is 0 Å². The number of anilines is 1. The molecule has 0 fully saturated rings. The third kappa shape index (κ3) is 1.68. The molecule has 0 bridgehead atoms. The Kier molecular flexibility index (Phi) is 2.63. The molecular weight excluding hydrogens is 266 g/mol. The summed E-state index contributed by atoms with van der Waals surface area (Å²) in [6.45, 7) is 3.13. The van der Waals surface area contributed by atoms with Gasteiger partial charge in [0.15, 0.2) is 0 Å². The van der Waals surface area contributed by atoms with Crippen molar-refractivity contribution in [3.63, 3.8) is 0 Å². The second-order valence-electron chi connectivity index (χ2n) is 5.03. The zero-order valence-electron chi connectivity index (χ0n) is 11.3. The first-order valence-electron chi connectivity index (χ1n) is 6.80. The molecule has 4 heteroatoms. The highest BCUT2D eigenvalue weighted by atomic mass is 32.1. The summed E-state index contributed by atoms with van der Waals surface area (Å²) in [6, 6.07) is 12.6. The summed E-state index contributed by atoms with van der Waals surface area (Å²) in [6.07, 6.45) is 1.05. The quantitative estimate of drug-likeness (QED) is 0.772. The van der Waals surface area contributed by atoms with Crippen LogP contribution in [0.4, 0.5) is 5.82 Å². The van der Waals surface area contributed by atoms with Crippen LogP contribution >= 0.6 is 11.3 Å². The zero-order chi connectivity index (χ0) is 13.5. The van der Waals surface area contributed by atoms with Crippen LogP contribution in [0.5, 0.6) is 0 Å². The van der Waals surface area contributed by atoms with Crippen molar-refractivity contribution in [3.8, 4) is 16.3 Å². The van der Waals surface area contributed by atoms with Gasteiger partial charge in [-0.05, 0) is 36.4 Å². The number of fused-ring (bicyclic) bond motifs is 1. The molecule has 3 aromatic rings. The lowest BCUT2D eigenvalue weighted by Gasteiger charge is -2.08. The number of benzene rings is 1. The molecule has 100 valence electrons. The van der Waals surface area contributed by atoms with Crippen molar-refractivity contribution >= 4 is 17.2 Å². The van der Waals surface area contributed by atoms with E-state index in [9.17, 15) is 0 Å². The lowest BCUT2D eigenvalue weighted by Crippen LogP contribution is -2.05. The van der Waals surface area contributed by atoms with Crippen molar-refractivity contribution in [1.29, 1.82) is 0 Å². The summed E-state index contributed by atoms with van der Waals surface area (Å²) in [7, 11) is 0. The zero-order valence-corrected chi connectivity index (χ0v) is 12.1. The predicted octanol–water partition coefficient (Wildman–Crippen LogP) is 3.88. The van der Waals surface area contributed by atoms with E-state index in [0.29, 0.717) is 0 Å². The van der Waals surface area contributed by atoms with Gasteiger partial charge >= 0.3 is 0 Å². The van der Waals surface area contributed by atoms with Gasteiger partial charge in [0.05, 0.1) is 10.6 Å². The van der Waals surface area contributed by atoms with Crippen molar-refractivity contribution < 1.29 is 0 Å². The fraction of sp³-hybridized carbons (Fsp3) is 0.188. The van der Waals surface area contributed by atoms with E-state index in [0.717, 1.165) is 30.2 Å². The van der Waals surface area contributed by atoms with Crippen molar-refractivity contribution in [2.45, 2.75) is 13.3 Å². The number of hydrogen-bond donors (Lipinski definition) is 1. The lowest BCUT2D eigenvalue weighted by molar-refractivity contribution is 0.876. The third-order valence-electron chi connectivity index (χ3n) is 3.75. The Bertz CT molecular complexity index is 756. The summed E-state index contributed by atoms with van der Waals surface area (Å²) < 4.78 is 2.06. The number of nitrogens with zero attached hydrogens (tertiary/aromatic N) is 2. The van der Waals surface area contributed by atoms with Gasteiger partial charge in [0.25, 0.3) is 0 Å². The van der Waals surface area contributed by atoms with Gasteiger partial charge in [0, 0.05) is 12.1 Å². The standard InChI is InChI=1S/C16H15N3S/c1-11-5-2-3-6-13(11)19-16-12(8-9-17-16)15(18-19)14-7-4-10-20-14/h2-7,10,17H,8-9H2,1H3. The van der Waals surface area contributed by atoms with Crippen molar-refractivity contribution in [2.75, 3.05) is 11.9 Å². The van der Waals surface area contributed by atoms with Gasteiger partial charge in [-0.15, -0.1) is 11.3 Å². The highest BCUT2D eigenvalue weighted by molar-refractivity contribution is 7.13. The fourth-order valence-corrected chi connectivity index (χ4v) is 3.50. The Morgan fingerprint density at radius 3 is 2.90 bits per heavy atom. The Morgan fingerprint density at radius 2 is 2.10 bits per heavy atom. The monoisotopic (exact) mass is 281 g/mol. The van der Waals surface area contributed by atoms with E-state index >= 15 is 0 Å². The van der Waals surface area contributed by atoms with E-state index in [2.05, 4.69) is 58.7 Å². The van der Waals surface area contributed by atoms with Gasteiger partial charge in [0.1, 0.15) is 11.5 Å². The molecule has 0 atom stereocenters. The van der Waals surface area contributed by atoms with E-state index in [1.165, 1.54) is 16.0 Å². The summed E-state index contributed by atoms with van der Waals surface area (Å²) >= 11 is 1.75. The molecule has 0 saturated heterocycles. The Labute approximate surface area is 121 Å². The minimum atomic E-state index is 0.997.